The van der Waals surface area contributed by atoms with Gasteiger partial charge in [0, 0.05) is 23.5 Å². The largest absolute Gasteiger partial charge is 0.481 e. The number of amides is 3. The molecule has 9 N–H and O–H groups in total. The van der Waals surface area contributed by atoms with Crippen molar-refractivity contribution in [1.29, 1.82) is 0 Å². The molecule has 184 valence electrons. The summed E-state index contributed by atoms with van der Waals surface area (Å²) in [7, 11) is 0. The fourth-order valence-electron chi connectivity index (χ4n) is 3.15. The number of aliphatic hydroxyl groups excluding tert-OH is 1. The Kier molecular flexibility index (Phi) is 9.10. The third-order valence-electron chi connectivity index (χ3n) is 5.01. The number of benzene rings is 1. The number of aliphatic carboxylic acids is 2. The van der Waals surface area contributed by atoms with Crippen LogP contribution in [0.3, 0.4) is 0 Å². The first-order valence-electron chi connectivity index (χ1n) is 10.3. The van der Waals surface area contributed by atoms with E-state index in [4.69, 9.17) is 21.1 Å². The molecule has 13 heteroatoms. The van der Waals surface area contributed by atoms with Crippen LogP contribution in [0.25, 0.3) is 10.9 Å². The van der Waals surface area contributed by atoms with Gasteiger partial charge in [-0.3, -0.25) is 19.2 Å². The van der Waals surface area contributed by atoms with Gasteiger partial charge in [-0.25, -0.2) is 4.79 Å². The maximum absolute atomic E-state index is 13.0. The molecule has 0 saturated heterocycles. The lowest BCUT2D eigenvalue weighted by atomic mass is 10.0. The minimum absolute atomic E-state index is 0.00981. The molecule has 3 amide bonds. The molecule has 0 aliphatic rings. The Bertz CT molecular complexity index is 1070. The maximum Gasteiger partial charge on any atom is 0.328 e. The van der Waals surface area contributed by atoms with Crippen molar-refractivity contribution in [3.8, 4) is 0 Å². The number of carboxylic acid groups (broad SMARTS) is 2. The van der Waals surface area contributed by atoms with Crippen LogP contribution in [-0.2, 0) is 30.4 Å². The zero-order chi connectivity index (χ0) is 25.4. The summed E-state index contributed by atoms with van der Waals surface area (Å²) < 4.78 is 0. The molecule has 2 rings (SSSR count). The number of hydrogen-bond acceptors (Lipinski definition) is 7. The second kappa shape index (κ2) is 11.8. The molecule has 1 heterocycles. The van der Waals surface area contributed by atoms with Crippen molar-refractivity contribution in [2.24, 2.45) is 5.73 Å². The SMILES string of the molecule is CC(NC(=O)C(Cc1c[nH]c2ccccc12)NC(=O)C(N)CC(=O)O)C(=O)NC(CO)C(=O)O. The summed E-state index contributed by atoms with van der Waals surface area (Å²) >= 11 is 0. The molecule has 0 aliphatic heterocycles. The second-order valence-corrected chi connectivity index (χ2v) is 7.64. The predicted octanol–water partition coefficient (Wildman–Crippen LogP) is -1.94. The first-order valence-corrected chi connectivity index (χ1v) is 10.3. The van der Waals surface area contributed by atoms with Gasteiger partial charge in [-0.15, -0.1) is 0 Å². The van der Waals surface area contributed by atoms with Gasteiger partial charge in [-0.1, -0.05) is 18.2 Å². The van der Waals surface area contributed by atoms with Crippen molar-refractivity contribution in [3.05, 3.63) is 36.0 Å². The van der Waals surface area contributed by atoms with Crippen molar-refractivity contribution in [2.45, 2.75) is 43.9 Å². The standard InChI is InChI=1S/C21H27N5O8/c1-10(18(30)26-16(9-27)21(33)34)24-20(32)15(25-19(31)13(22)7-17(28)29)6-11-8-23-14-5-3-2-4-12(11)14/h2-5,8,10,13,15-16,23,27H,6-7,9,22H2,1H3,(H,24,32)(H,25,31)(H,26,30)(H,28,29)(H,33,34). The Morgan fingerprint density at radius 1 is 0.971 bits per heavy atom. The molecule has 0 fully saturated rings. The van der Waals surface area contributed by atoms with Crippen molar-refractivity contribution < 1.29 is 39.3 Å². The minimum atomic E-state index is -1.55. The van der Waals surface area contributed by atoms with E-state index in [1.54, 1.807) is 12.3 Å². The molecule has 4 atom stereocenters. The summed E-state index contributed by atoms with van der Waals surface area (Å²) in [4.78, 5) is 62.5. The number of hydrogen-bond donors (Lipinski definition) is 8. The summed E-state index contributed by atoms with van der Waals surface area (Å²) in [6.45, 7) is 0.451. The molecule has 2 aromatic rings. The third kappa shape index (κ3) is 7.02. The van der Waals surface area contributed by atoms with Gasteiger partial charge < -0.3 is 42.0 Å². The van der Waals surface area contributed by atoms with Gasteiger partial charge in [-0.2, -0.15) is 0 Å². The van der Waals surface area contributed by atoms with Crippen LogP contribution in [0.5, 0.6) is 0 Å². The number of aliphatic hydroxyl groups is 1. The molecule has 0 bridgehead atoms. The van der Waals surface area contributed by atoms with Gasteiger partial charge in [0.25, 0.3) is 0 Å². The highest BCUT2D eigenvalue weighted by molar-refractivity contribution is 5.95. The zero-order valence-electron chi connectivity index (χ0n) is 18.3. The van der Waals surface area contributed by atoms with Gasteiger partial charge >= 0.3 is 11.9 Å². The summed E-state index contributed by atoms with van der Waals surface area (Å²) in [5.74, 6) is -5.26. The summed E-state index contributed by atoms with van der Waals surface area (Å²) in [6.07, 6.45) is 0.997. The van der Waals surface area contributed by atoms with Crippen LogP contribution < -0.4 is 21.7 Å². The van der Waals surface area contributed by atoms with Crippen LogP contribution in [0.2, 0.25) is 0 Å². The summed E-state index contributed by atoms with van der Waals surface area (Å²) in [5.41, 5.74) is 7.07. The van der Waals surface area contributed by atoms with Crippen LogP contribution in [0, 0.1) is 0 Å². The Morgan fingerprint density at radius 3 is 2.24 bits per heavy atom. The molecule has 0 radical (unpaired) electrons. The van der Waals surface area contributed by atoms with E-state index in [2.05, 4.69) is 20.9 Å². The average Bonchev–Trinajstić information content (AvgIpc) is 3.18. The van der Waals surface area contributed by atoms with Gasteiger partial charge in [0.15, 0.2) is 0 Å². The monoisotopic (exact) mass is 477 g/mol. The van der Waals surface area contributed by atoms with Gasteiger partial charge in [0.1, 0.15) is 18.1 Å². The molecule has 1 aromatic heterocycles. The number of nitrogens with two attached hydrogens (primary N) is 1. The van der Waals surface area contributed by atoms with Crippen molar-refractivity contribution in [2.75, 3.05) is 6.61 Å². The molecular formula is C21H27N5O8. The van der Waals surface area contributed by atoms with Gasteiger partial charge in [-0.05, 0) is 18.6 Å². The van der Waals surface area contributed by atoms with E-state index in [0.29, 0.717) is 5.56 Å². The third-order valence-corrected chi connectivity index (χ3v) is 5.01. The molecule has 34 heavy (non-hydrogen) atoms. The highest BCUT2D eigenvalue weighted by atomic mass is 16.4. The fraction of sp³-hybridized carbons (Fsp3) is 0.381. The van der Waals surface area contributed by atoms with Crippen molar-refractivity contribution in [1.82, 2.24) is 20.9 Å². The molecule has 4 unspecified atom stereocenters. The van der Waals surface area contributed by atoms with E-state index in [9.17, 15) is 24.0 Å². The van der Waals surface area contributed by atoms with Gasteiger partial charge in [0.2, 0.25) is 17.7 Å². The first-order chi connectivity index (χ1) is 16.0. The number of fused-ring (bicyclic) bond motifs is 1. The number of carbonyl (C=O) groups is 5. The normalized spacial score (nSPS) is 14.4. The van der Waals surface area contributed by atoms with E-state index in [1.807, 2.05) is 18.2 Å². The molecule has 1 aromatic carbocycles. The lowest BCUT2D eigenvalue weighted by Gasteiger charge is -2.23. The molecular weight excluding hydrogens is 450 g/mol. The quantitative estimate of drug-likeness (QED) is 0.170. The number of rotatable bonds is 12. The van der Waals surface area contributed by atoms with Crippen LogP contribution in [0.1, 0.15) is 18.9 Å². The van der Waals surface area contributed by atoms with Crippen LogP contribution >= 0.6 is 0 Å². The Hall–Kier alpha value is -3.97. The fourth-order valence-corrected chi connectivity index (χ4v) is 3.15. The van der Waals surface area contributed by atoms with Crippen LogP contribution in [0.15, 0.2) is 30.5 Å². The average molecular weight is 477 g/mol. The topological polar surface area (TPSA) is 224 Å². The molecule has 0 spiro atoms. The first kappa shape index (κ1) is 26.3. The second-order valence-electron chi connectivity index (χ2n) is 7.64. The minimum Gasteiger partial charge on any atom is -0.481 e. The lowest BCUT2D eigenvalue weighted by Crippen LogP contribution is -2.57. The number of H-pyrrole nitrogens is 1. The molecule has 0 saturated carbocycles. The summed E-state index contributed by atoms with van der Waals surface area (Å²) in [6, 6.07) is 1.84. The smallest absolute Gasteiger partial charge is 0.328 e. The Morgan fingerprint density at radius 2 is 1.62 bits per heavy atom. The lowest BCUT2D eigenvalue weighted by molar-refractivity contribution is -0.143. The number of aromatic amines is 1. The van der Waals surface area contributed by atoms with E-state index in [1.165, 1.54) is 6.92 Å². The Labute approximate surface area is 193 Å². The maximum atomic E-state index is 13.0. The number of carboxylic acids is 2. The molecule has 0 aliphatic carbocycles. The van der Waals surface area contributed by atoms with Crippen molar-refractivity contribution in [3.63, 3.8) is 0 Å². The number of carbonyl (C=O) groups excluding carboxylic acids is 3. The number of para-hydroxylation sites is 1. The predicted molar refractivity (Wildman–Crippen MR) is 118 cm³/mol. The van der Waals surface area contributed by atoms with Crippen LogP contribution in [0.4, 0.5) is 0 Å². The van der Waals surface area contributed by atoms with E-state index in [-0.39, 0.29) is 6.42 Å². The highest BCUT2D eigenvalue weighted by Gasteiger charge is 2.29. The number of nitrogens with one attached hydrogen (secondary N) is 4. The zero-order valence-corrected chi connectivity index (χ0v) is 18.3. The molecule has 13 nitrogen and oxygen atoms in total. The van der Waals surface area contributed by atoms with E-state index < -0.39 is 66.9 Å². The highest BCUT2D eigenvalue weighted by Crippen LogP contribution is 2.19. The van der Waals surface area contributed by atoms with E-state index in [0.717, 1.165) is 10.9 Å². The van der Waals surface area contributed by atoms with Crippen molar-refractivity contribution >= 4 is 40.6 Å². The summed E-state index contributed by atoms with van der Waals surface area (Å²) in [5, 5.41) is 34.6. The van der Waals surface area contributed by atoms with E-state index >= 15 is 0 Å². The van der Waals surface area contributed by atoms with Gasteiger partial charge in [0.05, 0.1) is 19.1 Å². The number of aromatic nitrogens is 1. The van der Waals surface area contributed by atoms with Crippen LogP contribution in [-0.4, -0.2) is 80.7 Å². The Balaban J connectivity index is 2.19.